The molecule has 0 aliphatic heterocycles. The number of aliphatic hydroxyl groups excluding tert-OH is 1. The van der Waals surface area contributed by atoms with E-state index in [1.807, 2.05) is 0 Å². The van der Waals surface area contributed by atoms with Crippen molar-refractivity contribution in [3.63, 3.8) is 0 Å². The average Bonchev–Trinajstić information content (AvgIpc) is 3.34. The van der Waals surface area contributed by atoms with Crippen LogP contribution in [0.1, 0.15) is 121 Å². The van der Waals surface area contributed by atoms with Crippen molar-refractivity contribution >= 4 is 30.9 Å². The summed E-state index contributed by atoms with van der Waals surface area (Å²) in [6.07, 6.45) is 10.4. The van der Waals surface area contributed by atoms with Gasteiger partial charge in [0.25, 0.3) is 0 Å². The Bertz CT molecular complexity index is 1160. The lowest BCUT2D eigenvalue weighted by molar-refractivity contribution is -0.149. The Morgan fingerprint density at radius 2 is 1.45 bits per heavy atom. The summed E-state index contributed by atoms with van der Waals surface area (Å²) in [7, 11) is -4.81. The number of methoxy groups -OCH3 is 1. The summed E-state index contributed by atoms with van der Waals surface area (Å²) in [6, 6.07) is 3.15. The molecule has 0 aromatic rings. The number of carbonyl (C=O) groups excluding carboxylic acids is 1. The summed E-state index contributed by atoms with van der Waals surface area (Å²) in [5.41, 5.74) is 0. The van der Waals surface area contributed by atoms with Gasteiger partial charge in [-0.15, -0.1) is 0 Å². The lowest BCUT2D eigenvalue weighted by Crippen LogP contribution is -2.45. The van der Waals surface area contributed by atoms with E-state index in [9.17, 15) is 9.90 Å². The smallest absolute Gasteiger partial charge is 0.308 e. The number of unbranched alkanes of at least 4 members (excludes halogenated alkanes) is 1. The van der Waals surface area contributed by atoms with Gasteiger partial charge >= 0.3 is 5.97 Å². The third-order valence-electron chi connectivity index (χ3n) is 13.3. The van der Waals surface area contributed by atoms with Crippen LogP contribution in [0.3, 0.4) is 0 Å². The fraction of sp³-hybridized carbons (Fsp3) is 0.881. The van der Waals surface area contributed by atoms with Crippen LogP contribution in [-0.4, -0.2) is 67.6 Å². The zero-order valence-corrected chi connectivity index (χ0v) is 38.9. The minimum atomic E-state index is -2.17. The van der Waals surface area contributed by atoms with E-state index in [2.05, 4.69) is 126 Å². The summed E-state index contributed by atoms with van der Waals surface area (Å²) < 4.78 is 26.8. The highest BCUT2D eigenvalue weighted by Gasteiger charge is 2.52. The summed E-state index contributed by atoms with van der Waals surface area (Å²) in [5.74, 6) is 6.79. The van der Waals surface area contributed by atoms with Crippen LogP contribution in [0.15, 0.2) is 12.2 Å². The van der Waals surface area contributed by atoms with Crippen molar-refractivity contribution in [3.05, 3.63) is 12.2 Å². The van der Waals surface area contributed by atoms with E-state index in [1.165, 1.54) is 26.4 Å². The number of carbonyl (C=O) groups is 1. The Morgan fingerprint density at radius 1 is 0.882 bits per heavy atom. The van der Waals surface area contributed by atoms with Crippen molar-refractivity contribution in [2.24, 2.45) is 29.6 Å². The Hall–Kier alpha value is -0.739. The molecule has 0 saturated heterocycles. The molecular weight excluding hydrogens is 685 g/mol. The number of hydrogen-bond acceptors (Lipinski definition) is 6. The summed E-state index contributed by atoms with van der Waals surface area (Å²) >= 11 is 0. The molecule has 2 aliphatic rings. The molecule has 0 amide bonds. The maximum Gasteiger partial charge on any atom is 0.308 e. The van der Waals surface area contributed by atoms with Gasteiger partial charge < -0.3 is 23.1 Å². The fourth-order valence-electron chi connectivity index (χ4n) is 7.27. The van der Waals surface area contributed by atoms with Crippen LogP contribution in [-0.2, 0) is 22.8 Å². The Balaban J connectivity index is 2.66. The van der Waals surface area contributed by atoms with Gasteiger partial charge in [0.15, 0.2) is 25.0 Å². The number of ether oxygens (including phenoxy) is 1. The van der Waals surface area contributed by atoms with Gasteiger partial charge in [-0.1, -0.05) is 119 Å². The number of esters is 1. The number of hydrogen-bond donors (Lipinski definition) is 1. The normalized spacial score (nSPS) is 26.7. The van der Waals surface area contributed by atoms with Gasteiger partial charge in [0.05, 0.1) is 31.3 Å². The molecule has 6 nitrogen and oxygen atoms in total. The van der Waals surface area contributed by atoms with Gasteiger partial charge in [-0.2, -0.15) is 0 Å². The largest absolute Gasteiger partial charge is 0.469 e. The topological polar surface area (TPSA) is 74.2 Å². The molecule has 296 valence electrons. The van der Waals surface area contributed by atoms with E-state index in [-0.39, 0.29) is 58.0 Å². The van der Waals surface area contributed by atoms with E-state index in [1.54, 1.807) is 0 Å². The minimum absolute atomic E-state index is 0.00395. The Kier molecular flexibility index (Phi) is 17.5. The van der Waals surface area contributed by atoms with E-state index in [0.29, 0.717) is 18.8 Å². The van der Waals surface area contributed by atoms with Gasteiger partial charge in [-0.05, 0) is 86.0 Å². The van der Waals surface area contributed by atoms with Crippen molar-refractivity contribution < 1.29 is 27.9 Å². The van der Waals surface area contributed by atoms with Crippen LogP contribution in [0.5, 0.6) is 0 Å². The van der Waals surface area contributed by atoms with Gasteiger partial charge in [0.2, 0.25) is 0 Å². The van der Waals surface area contributed by atoms with Crippen molar-refractivity contribution in [2.45, 2.75) is 200 Å². The molecule has 51 heavy (non-hydrogen) atoms. The molecule has 2 aliphatic carbocycles. The summed E-state index contributed by atoms with van der Waals surface area (Å²) in [4.78, 5) is 12.0. The molecule has 2 fully saturated rings. The van der Waals surface area contributed by atoms with Crippen molar-refractivity contribution in [2.75, 3.05) is 7.11 Å². The predicted octanol–water partition coefficient (Wildman–Crippen LogP) is 11.1. The first kappa shape index (κ1) is 46.4. The second-order valence-corrected chi connectivity index (χ2v) is 33.3. The highest BCUT2D eigenvalue weighted by Crippen LogP contribution is 2.47. The van der Waals surface area contributed by atoms with Crippen LogP contribution in [0.25, 0.3) is 0 Å². The van der Waals surface area contributed by atoms with Gasteiger partial charge in [0.1, 0.15) is 6.10 Å². The summed E-state index contributed by atoms with van der Waals surface area (Å²) in [5, 5.41) is 12.3. The third-order valence-corrected chi connectivity index (χ3v) is 27.0. The van der Waals surface area contributed by atoms with Gasteiger partial charge in [-0.3, -0.25) is 4.79 Å². The first-order valence-electron chi connectivity index (χ1n) is 20.5. The van der Waals surface area contributed by atoms with Crippen LogP contribution in [0, 0.1) is 41.4 Å². The zero-order chi connectivity index (χ0) is 39.0. The molecule has 1 N–H and O–H groups in total. The highest BCUT2D eigenvalue weighted by atomic mass is 28.4. The quantitative estimate of drug-likeness (QED) is 0.0648. The molecule has 0 heterocycles. The Labute approximate surface area is 318 Å². The predicted molar refractivity (Wildman–Crippen MR) is 222 cm³/mol. The minimum Gasteiger partial charge on any atom is -0.469 e. The average molecular weight is 765 g/mol. The Morgan fingerprint density at radius 3 is 1.94 bits per heavy atom. The molecule has 2 rings (SSSR count). The van der Waals surface area contributed by atoms with E-state index < -0.39 is 31.1 Å². The molecular formula is C42H80O6Si3. The molecule has 7 atom stereocenters. The standard InChI is InChI=1S/C42H80O6Si3/c1-17-21-22-31(5)27-34(46-49(13,14)41(6,7)8)24-25-35-37(47-50(15,16)42(9,10)11)30-38(48-51(18-2,19-3)20-4)39(35)36(43)26-23-32-28-33(29-32)40(44)45-12/h24-25,31-39,43H,17-22,27-30H2,1-16H3/b25-24+/t31-,32?,33?,34+,35-,36?,37+,38-,39-/m0/s1. The molecule has 0 spiro atoms. The van der Waals surface area contributed by atoms with Gasteiger partial charge in [0, 0.05) is 17.8 Å². The van der Waals surface area contributed by atoms with E-state index in [0.717, 1.165) is 31.0 Å². The zero-order valence-electron chi connectivity index (χ0n) is 35.9. The van der Waals surface area contributed by atoms with Crippen molar-refractivity contribution in [1.82, 2.24) is 0 Å². The molecule has 2 saturated carbocycles. The first-order chi connectivity index (χ1) is 23.5. The molecule has 0 aromatic heterocycles. The second kappa shape index (κ2) is 19.2. The fourth-order valence-corrected chi connectivity index (χ4v) is 12.8. The third kappa shape index (κ3) is 12.7. The number of rotatable bonds is 18. The van der Waals surface area contributed by atoms with Crippen LogP contribution >= 0.6 is 0 Å². The summed E-state index contributed by atoms with van der Waals surface area (Å²) in [6.45, 7) is 34.7. The molecule has 1 unspecified atom stereocenters. The highest BCUT2D eigenvalue weighted by molar-refractivity contribution is 6.74. The van der Waals surface area contributed by atoms with Gasteiger partial charge in [-0.25, -0.2) is 0 Å². The van der Waals surface area contributed by atoms with E-state index in [4.69, 9.17) is 18.0 Å². The van der Waals surface area contributed by atoms with Crippen molar-refractivity contribution in [1.29, 1.82) is 0 Å². The van der Waals surface area contributed by atoms with Crippen LogP contribution < -0.4 is 0 Å². The molecule has 0 bridgehead atoms. The SMILES string of the molecule is CCCC[C@H](C)C[C@@H](/C=C/[C@@H]1[C@@H](C(O)C#CC2CC(C(=O)OC)C2)[C@@H](O[Si](CC)(CC)CC)C[C@H]1O[Si](C)(C)C(C)(C)C)O[Si](C)(C)C(C)(C)C. The molecule has 0 radical (unpaired) electrons. The maximum absolute atomic E-state index is 12.1. The molecule has 0 aromatic carbocycles. The number of aliphatic hydroxyl groups is 1. The lowest BCUT2D eigenvalue weighted by Gasteiger charge is -2.40. The first-order valence-corrected chi connectivity index (χ1v) is 28.8. The second-order valence-electron chi connectivity index (χ2n) is 19.1. The maximum atomic E-state index is 12.1. The monoisotopic (exact) mass is 765 g/mol. The van der Waals surface area contributed by atoms with Crippen LogP contribution in [0.4, 0.5) is 0 Å². The molecule has 9 heteroatoms. The lowest BCUT2D eigenvalue weighted by atomic mass is 9.75. The van der Waals surface area contributed by atoms with E-state index >= 15 is 0 Å². The van der Waals surface area contributed by atoms with Crippen molar-refractivity contribution in [3.8, 4) is 11.8 Å². The van der Waals surface area contributed by atoms with Crippen LogP contribution in [0.2, 0.25) is 54.4 Å².